The zero-order valence-corrected chi connectivity index (χ0v) is 11.5. The first-order valence-electron chi connectivity index (χ1n) is 6.31. The molecule has 0 bridgehead atoms. The monoisotopic (exact) mass is 220 g/mol. The third-order valence-electron chi connectivity index (χ3n) is 3.25. The molecule has 0 amide bonds. The van der Waals surface area contributed by atoms with Crippen molar-refractivity contribution in [2.24, 2.45) is 0 Å². The second kappa shape index (κ2) is 3.35. The lowest BCUT2D eigenvalue weighted by atomic mass is 9.82. The van der Waals surface area contributed by atoms with Crippen molar-refractivity contribution in [3.05, 3.63) is 17.2 Å². The lowest BCUT2D eigenvalue weighted by Gasteiger charge is -2.27. The SMILES string of the molecule is CC(C)(C)c1nc2n(c1C(C)(C)C)CCC2. The molecule has 0 saturated heterocycles. The number of aromatic nitrogens is 2. The summed E-state index contributed by atoms with van der Waals surface area (Å²) >= 11 is 0. The Bertz CT molecular complexity index is 400. The Morgan fingerprint density at radius 2 is 1.62 bits per heavy atom. The molecule has 0 N–H and O–H groups in total. The van der Waals surface area contributed by atoms with Gasteiger partial charge in [-0.2, -0.15) is 0 Å². The zero-order chi connectivity index (χ0) is 12.1. The summed E-state index contributed by atoms with van der Waals surface area (Å²) in [4.78, 5) is 4.89. The molecule has 16 heavy (non-hydrogen) atoms. The van der Waals surface area contributed by atoms with Crippen LogP contribution in [0.1, 0.15) is 65.2 Å². The van der Waals surface area contributed by atoms with E-state index in [-0.39, 0.29) is 10.8 Å². The fraction of sp³-hybridized carbons (Fsp3) is 0.786. The molecule has 1 aliphatic heterocycles. The summed E-state index contributed by atoms with van der Waals surface area (Å²) in [5, 5.41) is 0. The average molecular weight is 220 g/mol. The molecule has 0 atom stereocenters. The Kier molecular flexibility index (Phi) is 2.45. The van der Waals surface area contributed by atoms with E-state index >= 15 is 0 Å². The molecule has 0 unspecified atom stereocenters. The minimum atomic E-state index is 0.153. The van der Waals surface area contributed by atoms with Crippen LogP contribution in [0.5, 0.6) is 0 Å². The van der Waals surface area contributed by atoms with Crippen molar-refractivity contribution in [3.8, 4) is 0 Å². The van der Waals surface area contributed by atoms with Gasteiger partial charge in [0.15, 0.2) is 0 Å². The van der Waals surface area contributed by atoms with Crippen LogP contribution in [0.4, 0.5) is 0 Å². The Morgan fingerprint density at radius 3 is 2.12 bits per heavy atom. The van der Waals surface area contributed by atoms with Gasteiger partial charge >= 0.3 is 0 Å². The highest BCUT2D eigenvalue weighted by molar-refractivity contribution is 5.31. The van der Waals surface area contributed by atoms with Crippen molar-refractivity contribution in [3.63, 3.8) is 0 Å². The Hall–Kier alpha value is -0.790. The molecule has 90 valence electrons. The maximum atomic E-state index is 4.89. The first-order valence-corrected chi connectivity index (χ1v) is 6.31. The van der Waals surface area contributed by atoms with Crippen molar-refractivity contribution < 1.29 is 0 Å². The third kappa shape index (κ3) is 1.79. The summed E-state index contributed by atoms with van der Waals surface area (Å²) in [6, 6.07) is 0. The number of fused-ring (bicyclic) bond motifs is 1. The minimum Gasteiger partial charge on any atom is -0.331 e. The van der Waals surface area contributed by atoms with Gasteiger partial charge in [0.05, 0.1) is 5.69 Å². The van der Waals surface area contributed by atoms with E-state index in [4.69, 9.17) is 4.98 Å². The van der Waals surface area contributed by atoms with Crippen LogP contribution < -0.4 is 0 Å². The molecule has 0 fully saturated rings. The number of imidazole rings is 1. The maximum Gasteiger partial charge on any atom is 0.109 e. The van der Waals surface area contributed by atoms with Crippen LogP contribution in [0.3, 0.4) is 0 Å². The van der Waals surface area contributed by atoms with Gasteiger partial charge in [-0.05, 0) is 6.42 Å². The normalized spacial score (nSPS) is 16.6. The van der Waals surface area contributed by atoms with Crippen molar-refractivity contribution in [2.75, 3.05) is 0 Å². The lowest BCUT2D eigenvalue weighted by molar-refractivity contribution is 0.485. The van der Waals surface area contributed by atoms with E-state index in [0.29, 0.717) is 0 Å². The molecule has 1 aliphatic rings. The van der Waals surface area contributed by atoms with Crippen LogP contribution in [0.25, 0.3) is 0 Å². The van der Waals surface area contributed by atoms with E-state index in [9.17, 15) is 0 Å². The molecule has 1 aromatic rings. The van der Waals surface area contributed by atoms with Crippen molar-refractivity contribution >= 4 is 0 Å². The second-order valence-corrected chi connectivity index (χ2v) is 6.98. The van der Waals surface area contributed by atoms with Crippen LogP contribution in [-0.4, -0.2) is 9.55 Å². The van der Waals surface area contributed by atoms with Gasteiger partial charge in [0.2, 0.25) is 0 Å². The van der Waals surface area contributed by atoms with Gasteiger partial charge in [-0.25, -0.2) is 4.98 Å². The minimum absolute atomic E-state index is 0.153. The Labute approximate surface area is 99.1 Å². The molecule has 2 heterocycles. The highest BCUT2D eigenvalue weighted by Crippen LogP contribution is 2.36. The highest BCUT2D eigenvalue weighted by Gasteiger charge is 2.33. The molecule has 2 nitrogen and oxygen atoms in total. The Balaban J connectivity index is 2.63. The lowest BCUT2D eigenvalue weighted by Crippen LogP contribution is -2.24. The zero-order valence-electron chi connectivity index (χ0n) is 11.5. The van der Waals surface area contributed by atoms with Gasteiger partial charge < -0.3 is 4.57 Å². The topological polar surface area (TPSA) is 17.8 Å². The smallest absolute Gasteiger partial charge is 0.109 e. The first-order chi connectivity index (χ1) is 7.21. The van der Waals surface area contributed by atoms with E-state index in [1.807, 2.05) is 0 Å². The van der Waals surface area contributed by atoms with Crippen LogP contribution in [-0.2, 0) is 23.8 Å². The summed E-state index contributed by atoms with van der Waals surface area (Å²) in [5.41, 5.74) is 3.10. The average Bonchev–Trinajstić information content (AvgIpc) is 2.53. The molecular weight excluding hydrogens is 196 g/mol. The summed E-state index contributed by atoms with van der Waals surface area (Å²) in [6.45, 7) is 14.8. The van der Waals surface area contributed by atoms with Crippen molar-refractivity contribution in [1.82, 2.24) is 9.55 Å². The van der Waals surface area contributed by atoms with Crippen LogP contribution in [0.2, 0.25) is 0 Å². The summed E-state index contributed by atoms with van der Waals surface area (Å²) in [7, 11) is 0. The summed E-state index contributed by atoms with van der Waals surface area (Å²) in [6.07, 6.45) is 2.41. The fourth-order valence-electron chi connectivity index (χ4n) is 2.61. The third-order valence-corrected chi connectivity index (χ3v) is 3.25. The van der Waals surface area contributed by atoms with Crippen LogP contribution >= 0.6 is 0 Å². The summed E-state index contributed by atoms with van der Waals surface area (Å²) in [5.74, 6) is 1.30. The van der Waals surface area contributed by atoms with E-state index in [1.54, 1.807) is 0 Å². The van der Waals surface area contributed by atoms with Gasteiger partial charge in [0.1, 0.15) is 5.82 Å². The van der Waals surface area contributed by atoms with Gasteiger partial charge in [0, 0.05) is 29.5 Å². The molecule has 2 rings (SSSR count). The quantitative estimate of drug-likeness (QED) is 0.655. The van der Waals surface area contributed by atoms with E-state index in [1.165, 1.54) is 23.6 Å². The summed E-state index contributed by atoms with van der Waals surface area (Å²) < 4.78 is 2.46. The van der Waals surface area contributed by atoms with E-state index in [0.717, 1.165) is 13.0 Å². The molecule has 0 saturated carbocycles. The number of nitrogens with zero attached hydrogens (tertiary/aromatic N) is 2. The molecule has 0 aromatic carbocycles. The predicted octanol–water partition coefficient (Wildman–Crippen LogP) is 3.42. The molecule has 0 aliphatic carbocycles. The highest BCUT2D eigenvalue weighted by atomic mass is 15.1. The molecule has 0 radical (unpaired) electrons. The number of aryl methyl sites for hydroxylation is 1. The molecule has 2 heteroatoms. The van der Waals surface area contributed by atoms with Gasteiger partial charge in [0.25, 0.3) is 0 Å². The second-order valence-electron chi connectivity index (χ2n) is 6.98. The van der Waals surface area contributed by atoms with Crippen LogP contribution in [0.15, 0.2) is 0 Å². The van der Waals surface area contributed by atoms with Crippen molar-refractivity contribution in [2.45, 2.75) is 71.8 Å². The molecule has 1 aromatic heterocycles. The number of hydrogen-bond donors (Lipinski definition) is 0. The fourth-order valence-corrected chi connectivity index (χ4v) is 2.61. The Morgan fingerprint density at radius 1 is 1.00 bits per heavy atom. The predicted molar refractivity (Wildman–Crippen MR) is 67.9 cm³/mol. The standard InChI is InChI=1S/C14H24N2/c1-13(2,3)11-12(14(4,5)6)16-9-7-8-10(16)15-11/h7-9H2,1-6H3. The molecular formula is C14H24N2. The molecule has 0 spiro atoms. The van der Waals surface area contributed by atoms with Gasteiger partial charge in [-0.15, -0.1) is 0 Å². The first kappa shape index (κ1) is 11.7. The van der Waals surface area contributed by atoms with Crippen molar-refractivity contribution in [1.29, 1.82) is 0 Å². The van der Waals surface area contributed by atoms with Gasteiger partial charge in [-0.3, -0.25) is 0 Å². The van der Waals surface area contributed by atoms with E-state index in [2.05, 4.69) is 46.1 Å². The van der Waals surface area contributed by atoms with E-state index < -0.39 is 0 Å². The number of rotatable bonds is 0. The number of hydrogen-bond acceptors (Lipinski definition) is 1. The van der Waals surface area contributed by atoms with Crippen LogP contribution in [0, 0.1) is 0 Å². The van der Waals surface area contributed by atoms with Gasteiger partial charge in [-0.1, -0.05) is 41.5 Å². The largest absolute Gasteiger partial charge is 0.331 e. The maximum absolute atomic E-state index is 4.89.